The first-order valence-corrected chi connectivity index (χ1v) is 9.94. The number of aromatic nitrogens is 2. The molecule has 0 aliphatic carbocycles. The highest BCUT2D eigenvalue weighted by Gasteiger charge is 2.05. The first-order chi connectivity index (χ1) is 14.5. The highest BCUT2D eigenvalue weighted by molar-refractivity contribution is 6.30. The summed E-state index contributed by atoms with van der Waals surface area (Å²) in [7, 11) is 0. The minimum atomic E-state index is -0.210. The Hall–Kier alpha value is -3.32. The molecule has 1 amide bonds. The van der Waals surface area contributed by atoms with Gasteiger partial charge in [-0.2, -0.15) is 4.98 Å². The van der Waals surface area contributed by atoms with Crippen LogP contribution in [0.4, 0.5) is 17.5 Å². The molecular formula is C22H24ClN5O2. The lowest BCUT2D eigenvalue weighted by Gasteiger charge is -2.11. The summed E-state index contributed by atoms with van der Waals surface area (Å²) in [5.74, 6) is 1.58. The van der Waals surface area contributed by atoms with Gasteiger partial charge in [0, 0.05) is 35.6 Å². The Bertz CT molecular complexity index is 978. The number of hydrogen-bond acceptors (Lipinski definition) is 6. The summed E-state index contributed by atoms with van der Waals surface area (Å²) < 4.78 is 5.41. The number of carbonyl (C=O) groups is 1. The first-order valence-electron chi connectivity index (χ1n) is 9.56. The lowest BCUT2D eigenvalue weighted by molar-refractivity contribution is -0.123. The molecule has 30 heavy (non-hydrogen) atoms. The molecule has 7 nitrogen and oxygen atoms in total. The predicted octanol–water partition coefficient (Wildman–Crippen LogP) is 4.10. The minimum Gasteiger partial charge on any atom is -0.484 e. The largest absolute Gasteiger partial charge is 0.484 e. The van der Waals surface area contributed by atoms with E-state index in [0.29, 0.717) is 35.6 Å². The molecule has 0 fully saturated rings. The van der Waals surface area contributed by atoms with E-state index in [4.69, 9.17) is 16.3 Å². The van der Waals surface area contributed by atoms with Crippen LogP contribution in [0.15, 0.2) is 54.6 Å². The van der Waals surface area contributed by atoms with E-state index in [1.807, 2.05) is 44.2 Å². The van der Waals surface area contributed by atoms with Crippen molar-refractivity contribution in [3.8, 4) is 5.75 Å². The van der Waals surface area contributed by atoms with Crippen LogP contribution in [-0.2, 0) is 4.79 Å². The Morgan fingerprint density at radius 1 is 1.00 bits per heavy atom. The van der Waals surface area contributed by atoms with Crippen LogP contribution in [0.2, 0.25) is 5.02 Å². The molecule has 0 aliphatic heterocycles. The molecule has 0 radical (unpaired) electrons. The number of anilines is 3. The van der Waals surface area contributed by atoms with E-state index in [0.717, 1.165) is 11.4 Å². The van der Waals surface area contributed by atoms with E-state index in [-0.39, 0.29) is 12.5 Å². The van der Waals surface area contributed by atoms with Gasteiger partial charge in [0.15, 0.2) is 6.61 Å². The molecule has 0 saturated heterocycles. The van der Waals surface area contributed by atoms with Crippen LogP contribution in [-0.4, -0.2) is 35.6 Å². The number of ether oxygens (including phenoxy) is 1. The van der Waals surface area contributed by atoms with Crippen molar-refractivity contribution in [1.29, 1.82) is 0 Å². The number of halogens is 1. The monoisotopic (exact) mass is 425 g/mol. The first kappa shape index (κ1) is 21.4. The maximum atomic E-state index is 11.9. The normalized spacial score (nSPS) is 10.4. The van der Waals surface area contributed by atoms with Crippen LogP contribution in [0, 0.1) is 13.8 Å². The Labute approximate surface area is 180 Å². The molecule has 1 heterocycles. The molecule has 156 valence electrons. The molecule has 0 atom stereocenters. The van der Waals surface area contributed by atoms with Crippen molar-refractivity contribution in [1.82, 2.24) is 15.3 Å². The third kappa shape index (κ3) is 6.93. The van der Waals surface area contributed by atoms with Gasteiger partial charge in [-0.3, -0.25) is 4.79 Å². The van der Waals surface area contributed by atoms with Crippen molar-refractivity contribution < 1.29 is 9.53 Å². The van der Waals surface area contributed by atoms with Gasteiger partial charge < -0.3 is 20.7 Å². The van der Waals surface area contributed by atoms with E-state index in [1.165, 1.54) is 5.56 Å². The molecule has 0 saturated carbocycles. The highest BCUT2D eigenvalue weighted by atomic mass is 35.5. The third-order valence-electron chi connectivity index (χ3n) is 4.09. The van der Waals surface area contributed by atoms with Crippen LogP contribution in [0.5, 0.6) is 5.75 Å². The van der Waals surface area contributed by atoms with E-state index in [1.54, 1.807) is 24.3 Å². The molecule has 3 aromatic rings. The summed E-state index contributed by atoms with van der Waals surface area (Å²) in [6.07, 6.45) is 0. The van der Waals surface area contributed by atoms with Crippen molar-refractivity contribution in [2.24, 2.45) is 0 Å². The van der Waals surface area contributed by atoms with Gasteiger partial charge in [0.2, 0.25) is 5.95 Å². The van der Waals surface area contributed by atoms with Crippen molar-refractivity contribution in [3.63, 3.8) is 0 Å². The summed E-state index contributed by atoms with van der Waals surface area (Å²) >= 11 is 5.82. The van der Waals surface area contributed by atoms with Gasteiger partial charge in [-0.1, -0.05) is 29.3 Å². The second kappa shape index (κ2) is 10.5. The van der Waals surface area contributed by atoms with Crippen LogP contribution in [0.1, 0.15) is 11.3 Å². The summed E-state index contributed by atoms with van der Waals surface area (Å²) in [5.41, 5.74) is 2.99. The lowest BCUT2D eigenvalue weighted by atomic mass is 10.2. The standard InChI is InChI=1S/C22H24ClN5O2/c1-15-3-7-18(8-4-15)27-20-13-16(2)26-22(28-20)25-12-11-24-21(29)14-30-19-9-5-17(23)6-10-19/h3-10,13H,11-12,14H2,1-2H3,(H,24,29)(H2,25,26,27,28). The van der Waals surface area contributed by atoms with Gasteiger partial charge in [-0.15, -0.1) is 0 Å². The fourth-order valence-electron chi connectivity index (χ4n) is 2.60. The molecular weight excluding hydrogens is 402 g/mol. The van der Waals surface area contributed by atoms with E-state index in [9.17, 15) is 4.79 Å². The molecule has 0 unspecified atom stereocenters. The quantitative estimate of drug-likeness (QED) is 0.447. The smallest absolute Gasteiger partial charge is 0.258 e. The summed E-state index contributed by atoms with van der Waals surface area (Å²) in [6.45, 7) is 4.79. The zero-order valence-electron chi connectivity index (χ0n) is 16.9. The second-order valence-corrected chi connectivity index (χ2v) is 7.16. The Balaban J connectivity index is 1.42. The molecule has 1 aromatic heterocycles. The van der Waals surface area contributed by atoms with Crippen LogP contribution < -0.4 is 20.7 Å². The Morgan fingerprint density at radius 2 is 1.73 bits per heavy atom. The van der Waals surface area contributed by atoms with Gasteiger partial charge in [-0.25, -0.2) is 4.98 Å². The number of carbonyl (C=O) groups excluding carboxylic acids is 1. The molecule has 0 bridgehead atoms. The number of aryl methyl sites for hydroxylation is 2. The van der Waals surface area contributed by atoms with Crippen molar-refractivity contribution in [3.05, 3.63) is 70.9 Å². The van der Waals surface area contributed by atoms with Crippen molar-refractivity contribution >= 4 is 35.0 Å². The molecule has 2 aromatic carbocycles. The molecule has 3 N–H and O–H groups in total. The number of nitrogens with zero attached hydrogens (tertiary/aromatic N) is 2. The Kier molecular flexibility index (Phi) is 7.45. The topological polar surface area (TPSA) is 88.2 Å². The van der Waals surface area contributed by atoms with Gasteiger partial charge in [0.1, 0.15) is 11.6 Å². The zero-order chi connectivity index (χ0) is 21.3. The maximum Gasteiger partial charge on any atom is 0.258 e. The molecule has 0 aliphatic rings. The fourth-order valence-corrected chi connectivity index (χ4v) is 2.73. The van der Waals surface area contributed by atoms with Gasteiger partial charge in [0.25, 0.3) is 5.91 Å². The summed E-state index contributed by atoms with van der Waals surface area (Å²) in [6, 6.07) is 16.8. The van der Waals surface area contributed by atoms with Gasteiger partial charge >= 0.3 is 0 Å². The maximum absolute atomic E-state index is 11.9. The van der Waals surface area contributed by atoms with Gasteiger partial charge in [0.05, 0.1) is 0 Å². The average Bonchev–Trinajstić information content (AvgIpc) is 2.72. The second-order valence-electron chi connectivity index (χ2n) is 6.73. The number of nitrogens with one attached hydrogen (secondary N) is 3. The lowest BCUT2D eigenvalue weighted by Crippen LogP contribution is -2.32. The van der Waals surface area contributed by atoms with Crippen LogP contribution >= 0.6 is 11.6 Å². The van der Waals surface area contributed by atoms with Crippen LogP contribution in [0.25, 0.3) is 0 Å². The SMILES string of the molecule is Cc1ccc(Nc2cc(C)nc(NCCNC(=O)COc3ccc(Cl)cc3)n2)cc1. The van der Waals surface area contributed by atoms with Crippen LogP contribution in [0.3, 0.4) is 0 Å². The Morgan fingerprint density at radius 3 is 2.47 bits per heavy atom. The molecule has 3 rings (SSSR count). The van der Waals surface area contributed by atoms with Gasteiger partial charge in [-0.05, 0) is 50.2 Å². The highest BCUT2D eigenvalue weighted by Crippen LogP contribution is 2.17. The minimum absolute atomic E-state index is 0.0623. The average molecular weight is 426 g/mol. The van der Waals surface area contributed by atoms with E-state index in [2.05, 4.69) is 25.9 Å². The fraction of sp³-hybridized carbons (Fsp3) is 0.227. The third-order valence-corrected chi connectivity index (χ3v) is 4.34. The number of amides is 1. The van der Waals surface area contributed by atoms with E-state index < -0.39 is 0 Å². The number of benzene rings is 2. The summed E-state index contributed by atoms with van der Waals surface area (Å²) in [5, 5.41) is 9.80. The number of rotatable bonds is 9. The predicted molar refractivity (Wildman–Crippen MR) is 120 cm³/mol. The zero-order valence-corrected chi connectivity index (χ0v) is 17.7. The molecule has 8 heteroatoms. The summed E-state index contributed by atoms with van der Waals surface area (Å²) in [4.78, 5) is 20.7. The van der Waals surface area contributed by atoms with Crippen molar-refractivity contribution in [2.45, 2.75) is 13.8 Å². The van der Waals surface area contributed by atoms with Crippen molar-refractivity contribution in [2.75, 3.05) is 30.3 Å². The van der Waals surface area contributed by atoms with E-state index >= 15 is 0 Å². The number of hydrogen-bond donors (Lipinski definition) is 3. The molecule has 0 spiro atoms.